The lowest BCUT2D eigenvalue weighted by Crippen LogP contribution is -2.33. The summed E-state index contributed by atoms with van der Waals surface area (Å²) in [5.41, 5.74) is 8.01. The number of ether oxygens (including phenoxy) is 3. The molecular formula is C26H25FN2O4. The first-order valence-corrected chi connectivity index (χ1v) is 10.6. The number of methoxy groups -OCH3 is 1. The minimum absolute atomic E-state index is 0.0226. The number of hydrogen-bond donors (Lipinski definition) is 1. The number of rotatable bonds is 5. The Hall–Kier alpha value is -3.79. The largest absolute Gasteiger partial charge is 0.496 e. The second-order valence-corrected chi connectivity index (χ2v) is 9.02. The first-order valence-electron chi connectivity index (χ1n) is 10.6. The number of carbonyl (C=O) groups is 1. The maximum absolute atomic E-state index is 13.1. The number of Topliss-reactive ketones (excluding diaryl/α,β-unsaturated/α-hetero) is 1. The summed E-state index contributed by atoms with van der Waals surface area (Å²) in [4.78, 5) is 13.1. The van der Waals surface area contributed by atoms with E-state index < -0.39 is 5.92 Å². The lowest BCUT2D eigenvalue weighted by atomic mass is 9.70. The van der Waals surface area contributed by atoms with E-state index in [-0.39, 0.29) is 35.1 Å². The highest BCUT2D eigenvalue weighted by Gasteiger charge is 2.43. The van der Waals surface area contributed by atoms with E-state index in [1.807, 2.05) is 26.0 Å². The van der Waals surface area contributed by atoms with Crippen molar-refractivity contribution in [1.29, 1.82) is 5.26 Å². The Kier molecular flexibility index (Phi) is 5.86. The first kappa shape index (κ1) is 22.4. The number of benzene rings is 2. The van der Waals surface area contributed by atoms with Crippen LogP contribution in [-0.4, -0.2) is 12.9 Å². The fourth-order valence-electron chi connectivity index (χ4n) is 4.37. The standard InChI is InChI=1S/C26H25FN2O4/c1-26(2)11-20(30)24-22(12-26)33-25(29)19(13-28)23(24)15-4-5-16(21(10-15)31-3)14-32-18-8-6-17(27)7-9-18/h4-10,23H,11-12,14,29H2,1-3H3. The van der Waals surface area contributed by atoms with Crippen LogP contribution >= 0.6 is 0 Å². The van der Waals surface area contributed by atoms with Crippen LogP contribution < -0.4 is 15.2 Å². The molecule has 2 aromatic carbocycles. The molecule has 33 heavy (non-hydrogen) atoms. The molecule has 2 N–H and O–H groups in total. The third-order valence-corrected chi connectivity index (χ3v) is 5.93. The lowest BCUT2D eigenvalue weighted by molar-refractivity contribution is -0.119. The van der Waals surface area contributed by atoms with Crippen LogP contribution in [0.2, 0.25) is 0 Å². The third kappa shape index (κ3) is 4.42. The van der Waals surface area contributed by atoms with Crippen molar-refractivity contribution in [3.8, 4) is 17.6 Å². The number of nitrogens with two attached hydrogens (primary N) is 1. The van der Waals surface area contributed by atoms with Crippen LogP contribution in [0.15, 0.2) is 65.3 Å². The van der Waals surface area contributed by atoms with Crippen LogP contribution in [0.5, 0.6) is 11.5 Å². The van der Waals surface area contributed by atoms with Crippen molar-refractivity contribution in [2.24, 2.45) is 11.1 Å². The summed E-state index contributed by atoms with van der Waals surface area (Å²) in [6.07, 6.45) is 0.926. The molecule has 6 nitrogen and oxygen atoms in total. The molecule has 0 radical (unpaired) electrons. The van der Waals surface area contributed by atoms with E-state index in [2.05, 4.69) is 6.07 Å². The predicted molar refractivity (Wildman–Crippen MR) is 119 cm³/mol. The molecular weight excluding hydrogens is 423 g/mol. The molecule has 0 aromatic heterocycles. The molecule has 2 aromatic rings. The van der Waals surface area contributed by atoms with Gasteiger partial charge in [-0.1, -0.05) is 26.0 Å². The molecule has 7 heteroatoms. The van der Waals surface area contributed by atoms with Gasteiger partial charge in [-0.05, 0) is 41.3 Å². The molecule has 0 saturated carbocycles. The van der Waals surface area contributed by atoms with Crippen molar-refractivity contribution in [3.63, 3.8) is 0 Å². The Morgan fingerprint density at radius 2 is 1.94 bits per heavy atom. The van der Waals surface area contributed by atoms with Gasteiger partial charge in [0.2, 0.25) is 5.88 Å². The van der Waals surface area contributed by atoms with Gasteiger partial charge in [0.05, 0.1) is 13.0 Å². The van der Waals surface area contributed by atoms with Crippen LogP contribution in [0, 0.1) is 22.6 Å². The van der Waals surface area contributed by atoms with Crippen molar-refractivity contribution >= 4 is 5.78 Å². The highest BCUT2D eigenvalue weighted by atomic mass is 19.1. The van der Waals surface area contributed by atoms with E-state index in [0.717, 1.165) is 5.56 Å². The molecule has 2 aliphatic rings. The summed E-state index contributed by atoms with van der Waals surface area (Å²) in [6.45, 7) is 4.21. The minimum Gasteiger partial charge on any atom is -0.496 e. The van der Waals surface area contributed by atoms with Gasteiger partial charge in [0, 0.05) is 24.0 Å². The van der Waals surface area contributed by atoms with Gasteiger partial charge in [-0.3, -0.25) is 4.79 Å². The molecule has 0 saturated heterocycles. The van der Waals surface area contributed by atoms with Crippen molar-refractivity contribution in [1.82, 2.24) is 0 Å². The Balaban J connectivity index is 1.69. The molecule has 1 heterocycles. The Morgan fingerprint density at radius 3 is 2.61 bits per heavy atom. The number of halogens is 1. The number of carbonyl (C=O) groups excluding carboxylic acids is 1. The van der Waals surface area contributed by atoms with Crippen molar-refractivity contribution in [3.05, 3.63) is 82.2 Å². The zero-order valence-corrected chi connectivity index (χ0v) is 18.8. The van der Waals surface area contributed by atoms with Crippen molar-refractivity contribution < 1.29 is 23.4 Å². The van der Waals surface area contributed by atoms with Gasteiger partial charge in [0.1, 0.15) is 41.3 Å². The summed E-state index contributed by atoms with van der Waals surface area (Å²) in [5.74, 6) is 0.616. The van der Waals surface area contributed by atoms with Crippen molar-refractivity contribution in [2.45, 2.75) is 39.2 Å². The molecule has 0 fully saturated rings. The SMILES string of the molecule is COc1cc(C2C(C#N)=C(N)OC3=C2C(=O)CC(C)(C)C3)ccc1COc1ccc(F)cc1. The smallest absolute Gasteiger partial charge is 0.205 e. The molecule has 1 unspecified atom stereocenters. The van der Waals surface area contributed by atoms with Gasteiger partial charge in [-0.25, -0.2) is 4.39 Å². The summed E-state index contributed by atoms with van der Waals surface area (Å²) >= 11 is 0. The number of ketones is 1. The second kappa shape index (κ2) is 8.62. The average molecular weight is 448 g/mol. The first-order chi connectivity index (χ1) is 15.7. The third-order valence-electron chi connectivity index (χ3n) is 5.93. The number of nitrogens with zero attached hydrogens (tertiary/aromatic N) is 1. The summed E-state index contributed by atoms with van der Waals surface area (Å²) in [5, 5.41) is 9.80. The maximum Gasteiger partial charge on any atom is 0.205 e. The second-order valence-electron chi connectivity index (χ2n) is 9.02. The van der Waals surface area contributed by atoms with Gasteiger partial charge in [-0.2, -0.15) is 5.26 Å². The Bertz CT molecular complexity index is 1210. The number of hydrogen-bond acceptors (Lipinski definition) is 6. The predicted octanol–water partition coefficient (Wildman–Crippen LogP) is 4.86. The van der Waals surface area contributed by atoms with Gasteiger partial charge >= 0.3 is 0 Å². The highest BCUT2D eigenvalue weighted by molar-refractivity contribution is 6.00. The Labute approximate surface area is 192 Å². The van der Waals surface area contributed by atoms with Gasteiger partial charge in [-0.15, -0.1) is 0 Å². The van der Waals surface area contributed by atoms with Crippen LogP contribution in [-0.2, 0) is 16.1 Å². The number of allylic oxidation sites excluding steroid dienone is 3. The fourth-order valence-corrected chi connectivity index (χ4v) is 4.37. The monoisotopic (exact) mass is 448 g/mol. The van der Waals surface area contributed by atoms with Gasteiger partial charge in [0.15, 0.2) is 5.78 Å². The zero-order chi connectivity index (χ0) is 23.8. The molecule has 4 rings (SSSR count). The fraction of sp³-hybridized carbons (Fsp3) is 0.308. The topological polar surface area (TPSA) is 94.6 Å². The van der Waals surface area contributed by atoms with Crippen LogP contribution in [0.4, 0.5) is 4.39 Å². The van der Waals surface area contributed by atoms with Gasteiger partial charge in [0.25, 0.3) is 0 Å². The van der Waals surface area contributed by atoms with E-state index in [1.54, 1.807) is 25.3 Å². The molecule has 0 spiro atoms. The molecule has 170 valence electrons. The Morgan fingerprint density at radius 1 is 1.21 bits per heavy atom. The maximum atomic E-state index is 13.1. The highest BCUT2D eigenvalue weighted by Crippen LogP contribution is 2.48. The van der Waals surface area contributed by atoms with E-state index in [1.165, 1.54) is 12.1 Å². The molecule has 1 atom stereocenters. The van der Waals surface area contributed by atoms with Crippen molar-refractivity contribution in [2.75, 3.05) is 7.11 Å². The molecule has 1 aliphatic carbocycles. The average Bonchev–Trinajstić information content (AvgIpc) is 2.77. The normalized spacial score (nSPS) is 19.5. The molecule has 0 amide bonds. The quantitative estimate of drug-likeness (QED) is 0.702. The lowest BCUT2D eigenvalue weighted by Gasteiger charge is -2.37. The van der Waals surface area contributed by atoms with E-state index in [4.69, 9.17) is 19.9 Å². The van der Waals surface area contributed by atoms with Crippen LogP contribution in [0.3, 0.4) is 0 Å². The van der Waals surface area contributed by atoms with E-state index in [0.29, 0.717) is 41.2 Å². The zero-order valence-electron chi connectivity index (χ0n) is 18.8. The van der Waals surface area contributed by atoms with Crippen LogP contribution in [0.25, 0.3) is 0 Å². The number of nitriles is 1. The summed E-state index contributed by atoms with van der Waals surface area (Å²) < 4.78 is 30.2. The summed E-state index contributed by atoms with van der Waals surface area (Å²) in [7, 11) is 1.54. The van der Waals surface area contributed by atoms with E-state index >= 15 is 0 Å². The van der Waals surface area contributed by atoms with Crippen LogP contribution in [0.1, 0.15) is 43.7 Å². The minimum atomic E-state index is -0.622. The molecule has 1 aliphatic heterocycles. The summed E-state index contributed by atoms with van der Waals surface area (Å²) in [6, 6.07) is 13.3. The van der Waals surface area contributed by atoms with Gasteiger partial charge < -0.3 is 19.9 Å². The molecule has 0 bridgehead atoms. The van der Waals surface area contributed by atoms with E-state index in [9.17, 15) is 14.4 Å².